The van der Waals surface area contributed by atoms with Crippen molar-refractivity contribution in [3.05, 3.63) is 29.5 Å². The lowest BCUT2D eigenvalue weighted by atomic mass is 10.3. The van der Waals surface area contributed by atoms with Gasteiger partial charge in [0.15, 0.2) is 0 Å². The van der Waals surface area contributed by atoms with Crippen molar-refractivity contribution in [3.8, 4) is 5.75 Å². The molecule has 1 aromatic carbocycles. The van der Waals surface area contributed by atoms with Gasteiger partial charge in [0.2, 0.25) is 11.0 Å². The Morgan fingerprint density at radius 3 is 2.42 bits per heavy atom. The fourth-order valence-electron chi connectivity index (χ4n) is 0.761. The van der Waals surface area contributed by atoms with Crippen LogP contribution in [0.3, 0.4) is 0 Å². The molecule has 0 heterocycles. The number of rotatable bonds is 2. The number of benzene rings is 1. The number of hydrogen-bond donors (Lipinski definition) is 1. The third-order valence-electron chi connectivity index (χ3n) is 1.37. The Morgan fingerprint density at radius 2 is 2.00 bits per heavy atom. The summed E-state index contributed by atoms with van der Waals surface area (Å²) in [5.74, 6) is 0.644. The first-order valence-electron chi connectivity index (χ1n) is 3.24. The van der Waals surface area contributed by atoms with Gasteiger partial charge in [-0.25, -0.2) is 0 Å². The van der Waals surface area contributed by atoms with Gasteiger partial charge in [0.05, 0.1) is 7.11 Å². The molecule has 0 aliphatic heterocycles. The Morgan fingerprint density at radius 1 is 1.42 bits per heavy atom. The van der Waals surface area contributed by atoms with Crippen LogP contribution in [-0.4, -0.2) is 17.2 Å². The van der Waals surface area contributed by atoms with E-state index >= 15 is 0 Å². The molecule has 0 spiro atoms. The predicted molar refractivity (Wildman–Crippen MR) is 40.5 cm³/mol. The summed E-state index contributed by atoms with van der Waals surface area (Å²) in [5.41, 5.74) is 0.248. The fourth-order valence-corrected chi connectivity index (χ4v) is 0.761. The summed E-state index contributed by atoms with van der Waals surface area (Å²) in [4.78, 5) is 0.111. The normalized spacial score (nSPS) is 11.2. The van der Waals surface area contributed by atoms with E-state index in [-0.39, 0.29) is 10.5 Å². The summed E-state index contributed by atoms with van der Waals surface area (Å²) < 4.78 is 4.87. The smallest absolute Gasteiger partial charge is 0.248 e. The van der Waals surface area contributed by atoms with Crippen molar-refractivity contribution in [1.82, 2.24) is 0 Å². The first kappa shape index (κ1) is 8.32. The van der Waals surface area contributed by atoms with Crippen LogP contribution in [0.15, 0.2) is 29.5 Å². The minimum atomic E-state index is 0.111. The van der Waals surface area contributed by atoms with Crippen molar-refractivity contribution in [1.29, 1.82) is 0 Å². The lowest BCUT2D eigenvalue weighted by Gasteiger charge is -1.99. The molecule has 5 heteroatoms. The Bertz CT molecular complexity index is 281. The Balaban J connectivity index is 2.92. The SMILES string of the molecule is COc1ccc(/[N+]([O-])=N/O)cc1. The van der Waals surface area contributed by atoms with Crippen molar-refractivity contribution in [2.24, 2.45) is 5.28 Å². The monoisotopic (exact) mass is 168 g/mol. The van der Waals surface area contributed by atoms with Gasteiger partial charge in [-0.3, -0.25) is 0 Å². The molecule has 0 bridgehead atoms. The van der Waals surface area contributed by atoms with E-state index in [1.54, 1.807) is 12.1 Å². The molecule has 0 unspecified atom stereocenters. The summed E-state index contributed by atoms with van der Waals surface area (Å²) in [6.45, 7) is 0. The fraction of sp³-hybridized carbons (Fsp3) is 0.143. The highest BCUT2D eigenvalue weighted by Gasteiger charge is 2.02. The third-order valence-corrected chi connectivity index (χ3v) is 1.37. The highest BCUT2D eigenvalue weighted by molar-refractivity contribution is 5.35. The molecule has 0 amide bonds. The Labute approximate surface area is 69.1 Å². The second-order valence-electron chi connectivity index (χ2n) is 2.06. The van der Waals surface area contributed by atoms with Crippen LogP contribution in [0.5, 0.6) is 5.75 Å². The average Bonchev–Trinajstić information content (AvgIpc) is 2.17. The van der Waals surface area contributed by atoms with Crippen LogP contribution >= 0.6 is 0 Å². The van der Waals surface area contributed by atoms with Gasteiger partial charge in [0.25, 0.3) is 0 Å². The van der Waals surface area contributed by atoms with Crippen LogP contribution in [-0.2, 0) is 0 Å². The molecule has 0 aliphatic rings. The van der Waals surface area contributed by atoms with Crippen molar-refractivity contribution in [2.45, 2.75) is 0 Å². The molecule has 1 N–H and O–H groups in total. The molecule has 12 heavy (non-hydrogen) atoms. The number of methoxy groups -OCH3 is 1. The maximum Gasteiger partial charge on any atom is 0.248 e. The van der Waals surface area contributed by atoms with Crippen LogP contribution in [0, 0.1) is 5.21 Å². The highest BCUT2D eigenvalue weighted by Crippen LogP contribution is 2.16. The largest absolute Gasteiger partial charge is 0.592 e. The van der Waals surface area contributed by atoms with Gasteiger partial charge in [-0.15, -0.1) is 0 Å². The van der Waals surface area contributed by atoms with E-state index in [4.69, 9.17) is 9.94 Å². The van der Waals surface area contributed by atoms with Gasteiger partial charge in [0, 0.05) is 12.1 Å². The van der Waals surface area contributed by atoms with Crippen LogP contribution in [0.4, 0.5) is 5.69 Å². The summed E-state index contributed by atoms with van der Waals surface area (Å²) in [6.07, 6.45) is 0. The van der Waals surface area contributed by atoms with Gasteiger partial charge < -0.3 is 15.2 Å². The zero-order chi connectivity index (χ0) is 8.97. The van der Waals surface area contributed by atoms with Crippen LogP contribution in [0.25, 0.3) is 0 Å². The van der Waals surface area contributed by atoms with E-state index in [1.807, 2.05) is 0 Å². The number of ether oxygens (including phenoxy) is 1. The van der Waals surface area contributed by atoms with Gasteiger partial charge in [-0.2, -0.15) is 0 Å². The maximum absolute atomic E-state index is 10.7. The summed E-state index contributed by atoms with van der Waals surface area (Å²) in [5, 5.41) is 21.2. The van der Waals surface area contributed by atoms with Gasteiger partial charge in [-0.05, 0) is 17.0 Å². The maximum atomic E-state index is 10.7. The van der Waals surface area contributed by atoms with E-state index in [9.17, 15) is 5.21 Å². The quantitative estimate of drug-likeness (QED) is 0.415. The first-order chi connectivity index (χ1) is 5.77. The predicted octanol–water partition coefficient (Wildman–Crippen LogP) is 1.68. The molecule has 0 atom stereocenters. The van der Waals surface area contributed by atoms with Gasteiger partial charge >= 0.3 is 0 Å². The molecule has 0 aliphatic carbocycles. The molecule has 0 aromatic heterocycles. The molecule has 1 aromatic rings. The van der Waals surface area contributed by atoms with Crippen LogP contribution < -0.4 is 4.74 Å². The third kappa shape index (κ3) is 1.63. The Kier molecular flexibility index (Phi) is 2.47. The molecular weight excluding hydrogens is 160 g/mol. The molecule has 1 rings (SSSR count). The van der Waals surface area contributed by atoms with Crippen molar-refractivity contribution in [3.63, 3.8) is 0 Å². The Hall–Kier alpha value is -1.78. The minimum absolute atomic E-state index is 0.111. The first-order valence-corrected chi connectivity index (χ1v) is 3.24. The highest BCUT2D eigenvalue weighted by atomic mass is 16.6. The summed E-state index contributed by atoms with van der Waals surface area (Å²) in [7, 11) is 1.53. The minimum Gasteiger partial charge on any atom is -0.592 e. The van der Waals surface area contributed by atoms with E-state index in [0.29, 0.717) is 5.75 Å². The standard InChI is InChI=1S/C7H8N2O3/c1-12-7-4-2-6(3-5-7)9(11)8-10/h2-5,10H,1H3/b9-8-. The van der Waals surface area contributed by atoms with Gasteiger partial charge in [0.1, 0.15) is 5.75 Å². The molecule has 5 nitrogen and oxygen atoms in total. The van der Waals surface area contributed by atoms with Crippen molar-refractivity contribution >= 4 is 5.69 Å². The molecule has 0 saturated carbocycles. The number of nitrogens with zero attached hydrogens (tertiary/aromatic N) is 2. The van der Waals surface area contributed by atoms with Crippen molar-refractivity contribution in [2.75, 3.05) is 7.11 Å². The molecule has 0 fully saturated rings. The van der Waals surface area contributed by atoms with E-state index in [2.05, 4.69) is 5.28 Å². The lowest BCUT2D eigenvalue weighted by Crippen LogP contribution is -1.90. The molecule has 0 saturated heterocycles. The van der Waals surface area contributed by atoms with Crippen molar-refractivity contribution < 1.29 is 14.8 Å². The topological polar surface area (TPSA) is 67.9 Å². The second-order valence-corrected chi connectivity index (χ2v) is 2.06. The van der Waals surface area contributed by atoms with E-state index < -0.39 is 0 Å². The van der Waals surface area contributed by atoms with E-state index in [1.165, 1.54) is 19.2 Å². The molecule has 64 valence electrons. The van der Waals surface area contributed by atoms with Crippen LogP contribution in [0.1, 0.15) is 0 Å². The van der Waals surface area contributed by atoms with E-state index in [0.717, 1.165) is 0 Å². The zero-order valence-corrected chi connectivity index (χ0v) is 6.47. The molecule has 0 radical (unpaired) electrons. The van der Waals surface area contributed by atoms with Gasteiger partial charge in [-0.1, -0.05) is 0 Å². The summed E-state index contributed by atoms with van der Waals surface area (Å²) in [6, 6.07) is 6.19. The lowest BCUT2D eigenvalue weighted by molar-refractivity contribution is -0.473. The average molecular weight is 168 g/mol. The summed E-state index contributed by atoms with van der Waals surface area (Å²) >= 11 is 0. The zero-order valence-electron chi connectivity index (χ0n) is 6.47. The number of hydrogen-bond acceptors (Lipinski definition) is 3. The van der Waals surface area contributed by atoms with Crippen LogP contribution in [0.2, 0.25) is 0 Å². The molecular formula is C7H8N2O3. The second kappa shape index (κ2) is 3.56.